The monoisotopic (exact) mass is 587 g/mol. The number of hydrogen-bond acceptors (Lipinski definition) is 0. The average Bonchev–Trinajstić information content (AvgIpc) is 2.19. The summed E-state index contributed by atoms with van der Waals surface area (Å²) in [6.45, 7) is 0. The first-order valence-corrected chi connectivity index (χ1v) is 13.5. The first-order chi connectivity index (χ1) is 8.30. The van der Waals surface area contributed by atoms with Gasteiger partial charge in [-0.25, -0.2) is 0 Å². The van der Waals surface area contributed by atoms with Crippen LogP contribution in [0.3, 0.4) is 0 Å². The van der Waals surface area contributed by atoms with Gasteiger partial charge in [-0.1, -0.05) is 0 Å². The molecular formula is C10H7BrCl2F3I2-. The van der Waals surface area contributed by atoms with E-state index in [4.69, 9.17) is 23.2 Å². The van der Waals surface area contributed by atoms with Crippen molar-refractivity contribution in [2.45, 2.75) is 11.0 Å². The van der Waals surface area contributed by atoms with Crippen molar-refractivity contribution < 1.29 is 34.4 Å². The molecule has 104 valence electrons. The molecule has 0 amide bonds. The van der Waals surface area contributed by atoms with Gasteiger partial charge < -0.3 is 0 Å². The fraction of sp³-hybridized carbons (Fsp3) is 0.400. The molecule has 1 unspecified atom stereocenters. The maximum atomic E-state index is 12.7. The number of rotatable bonds is 2. The Kier molecular flexibility index (Phi) is 5.40. The van der Waals surface area contributed by atoms with E-state index >= 15 is 0 Å². The van der Waals surface area contributed by atoms with E-state index in [2.05, 4.69) is 15.9 Å². The zero-order valence-corrected chi connectivity index (χ0v) is 16.1. The van der Waals surface area contributed by atoms with Crippen LogP contribution in [0.2, 0.25) is 10.0 Å². The van der Waals surface area contributed by atoms with Crippen molar-refractivity contribution >= 4 is 59.0 Å². The molecule has 1 aliphatic heterocycles. The van der Waals surface area contributed by atoms with Crippen molar-refractivity contribution in [1.82, 2.24) is 0 Å². The van der Waals surface area contributed by atoms with Gasteiger partial charge >= 0.3 is 141 Å². The van der Waals surface area contributed by atoms with E-state index in [0.29, 0.717) is 5.02 Å². The molecule has 1 saturated heterocycles. The van der Waals surface area contributed by atoms with Gasteiger partial charge in [-0.15, -0.1) is 0 Å². The second-order valence-corrected chi connectivity index (χ2v) is 19.0. The Morgan fingerprint density at radius 1 is 1.28 bits per heavy atom. The van der Waals surface area contributed by atoms with Crippen LogP contribution in [-0.4, -0.2) is 11.0 Å². The predicted octanol–water partition coefficient (Wildman–Crippen LogP) is 2.69. The average molecular weight is 589 g/mol. The third-order valence-electron chi connectivity index (χ3n) is 2.26. The summed E-state index contributed by atoms with van der Waals surface area (Å²) in [6, 6.07) is 2.92. The van der Waals surface area contributed by atoms with Gasteiger partial charge in [0.1, 0.15) is 0 Å². The van der Waals surface area contributed by atoms with Gasteiger partial charge in [0.25, 0.3) is 0 Å². The molecule has 0 nitrogen and oxygen atoms in total. The van der Waals surface area contributed by atoms with Gasteiger partial charge in [0.2, 0.25) is 0 Å². The third-order valence-corrected chi connectivity index (χ3v) is 23.9. The molecule has 1 fully saturated rings. The molecular weight excluding hydrogens is 582 g/mol. The minimum absolute atomic E-state index is 0.161. The van der Waals surface area contributed by atoms with Crippen molar-refractivity contribution in [2.75, 3.05) is 4.87 Å². The fourth-order valence-corrected chi connectivity index (χ4v) is 15.6. The van der Waals surface area contributed by atoms with Crippen molar-refractivity contribution in [3.05, 3.63) is 31.3 Å². The van der Waals surface area contributed by atoms with Crippen LogP contribution in [0, 0.1) is 3.57 Å². The topological polar surface area (TPSA) is 0 Å². The van der Waals surface area contributed by atoms with Gasteiger partial charge in [0.15, 0.2) is 0 Å². The van der Waals surface area contributed by atoms with E-state index in [0.717, 1.165) is 3.57 Å². The van der Waals surface area contributed by atoms with E-state index in [9.17, 15) is 13.2 Å². The Morgan fingerprint density at radius 3 is 2.33 bits per heavy atom. The van der Waals surface area contributed by atoms with Crippen molar-refractivity contribution in [2.24, 2.45) is 0 Å². The third kappa shape index (κ3) is 3.40. The molecule has 18 heavy (non-hydrogen) atoms. The van der Waals surface area contributed by atoms with Gasteiger partial charge in [-0.2, -0.15) is 0 Å². The Morgan fingerprint density at radius 2 is 1.89 bits per heavy atom. The number of benzene rings is 1. The summed E-state index contributed by atoms with van der Waals surface area (Å²) in [4.78, 5) is -1.68. The summed E-state index contributed by atoms with van der Waals surface area (Å²) in [6.07, 6.45) is -4.31. The molecule has 0 aromatic heterocycles. The fourth-order valence-electron chi connectivity index (χ4n) is 1.36. The first-order valence-electron chi connectivity index (χ1n) is 4.65. The van der Waals surface area contributed by atoms with Crippen molar-refractivity contribution in [3.63, 3.8) is 0 Å². The molecule has 1 aromatic carbocycles. The summed E-state index contributed by atoms with van der Waals surface area (Å²) in [5.41, 5.74) is 0.161. The van der Waals surface area contributed by atoms with Crippen molar-refractivity contribution in [1.29, 1.82) is 0 Å². The molecule has 0 N–H and O–H groups in total. The molecule has 0 aliphatic carbocycles. The maximum absolute atomic E-state index is 12.7. The molecule has 0 bridgehead atoms. The summed E-state index contributed by atoms with van der Waals surface area (Å²) >= 11 is 13.8. The quantitative estimate of drug-likeness (QED) is 0.283. The van der Waals surface area contributed by atoms with E-state index in [1.165, 1.54) is 10.9 Å². The molecule has 0 radical (unpaired) electrons. The van der Waals surface area contributed by atoms with Crippen molar-refractivity contribution in [3.8, 4) is 0 Å². The van der Waals surface area contributed by atoms with E-state index < -0.39 is 30.8 Å². The zero-order chi connectivity index (χ0) is 13.5. The van der Waals surface area contributed by atoms with Crippen LogP contribution in [0.25, 0.3) is 0 Å². The standard InChI is InChI=1S/C10H7BrCl2F3I2/c11-9(10(14,15)16)5-1-6(12)8(13)7(2-5)18-3-17-4-18/h1-2,9H,3-4H2/q-1. The molecule has 8 heteroatoms. The zero-order valence-electron chi connectivity index (χ0n) is 8.67. The van der Waals surface area contributed by atoms with Gasteiger partial charge in [-0.3, -0.25) is 0 Å². The molecule has 1 atom stereocenters. The Hall–Kier alpha value is 1.53. The van der Waals surface area contributed by atoms with Crippen LogP contribution in [0.5, 0.6) is 0 Å². The summed E-state index contributed by atoms with van der Waals surface area (Å²) in [5.74, 6) is 0. The van der Waals surface area contributed by atoms with Crippen LogP contribution in [0.1, 0.15) is 10.4 Å². The second kappa shape index (κ2) is 6.11. The molecule has 1 heterocycles. The summed E-state index contributed by atoms with van der Waals surface area (Å²) in [7, 11) is 0. The minimum atomic E-state index is -4.31. The Balaban J connectivity index is 2.40. The first kappa shape index (κ1) is 15.9. The van der Waals surface area contributed by atoms with E-state index in [1.54, 1.807) is 6.07 Å². The molecule has 1 aromatic rings. The van der Waals surface area contributed by atoms with Gasteiger partial charge in [0.05, 0.1) is 0 Å². The number of alkyl halides is 8. The number of halogens is 8. The van der Waals surface area contributed by atoms with E-state index in [1.807, 2.05) is 0 Å². The molecule has 0 spiro atoms. The Labute approximate surface area is 139 Å². The van der Waals surface area contributed by atoms with E-state index in [-0.39, 0.29) is 31.8 Å². The molecule has 1 aliphatic rings. The van der Waals surface area contributed by atoms with Gasteiger partial charge in [-0.05, 0) is 0 Å². The SMILES string of the molecule is FC(F)(F)C(Br)c1cc(Cl)c(Cl)c(I2C[I-]C2)c1. The van der Waals surface area contributed by atoms with Crippen LogP contribution >= 0.6 is 59.0 Å². The summed E-state index contributed by atoms with van der Waals surface area (Å²) in [5, 5.41) is 0.705. The molecule has 2 rings (SSSR count). The second-order valence-electron chi connectivity index (χ2n) is 3.55. The summed E-state index contributed by atoms with van der Waals surface area (Å²) < 4.78 is 41.4. The van der Waals surface area contributed by atoms with Crippen LogP contribution < -0.4 is 21.2 Å². The molecule has 0 saturated carbocycles. The van der Waals surface area contributed by atoms with Gasteiger partial charge in [0, 0.05) is 0 Å². The normalized spacial score (nSPS) is 20.0. The van der Waals surface area contributed by atoms with Crippen LogP contribution in [0.4, 0.5) is 13.2 Å². The number of hydrogen-bond donors (Lipinski definition) is 0. The Bertz CT molecular complexity index is 463. The van der Waals surface area contributed by atoms with Crippen LogP contribution in [-0.2, 0) is 0 Å². The predicted molar refractivity (Wildman–Crippen MR) is 76.6 cm³/mol. The van der Waals surface area contributed by atoms with Crippen LogP contribution in [0.15, 0.2) is 12.1 Å².